The van der Waals surface area contributed by atoms with E-state index in [0.717, 1.165) is 22.8 Å². The summed E-state index contributed by atoms with van der Waals surface area (Å²) in [5, 5.41) is 0. The average Bonchev–Trinajstić information content (AvgIpc) is 3.05. The normalized spacial score (nSPS) is 10.5. The van der Waals surface area contributed by atoms with E-state index in [9.17, 15) is 4.79 Å². The lowest BCUT2D eigenvalue weighted by atomic mass is 10.2. The maximum absolute atomic E-state index is 12.5. The first-order chi connectivity index (χ1) is 12.1. The number of benzene rings is 2. The maximum Gasteiger partial charge on any atom is 0.254 e. The van der Waals surface area contributed by atoms with Crippen LogP contribution in [0.4, 0.5) is 0 Å². The Labute approximate surface area is 147 Å². The number of aryl methyl sites for hydroxylation is 1. The molecule has 25 heavy (non-hydrogen) atoms. The van der Waals surface area contributed by atoms with Crippen LogP contribution in [-0.4, -0.2) is 17.9 Å². The Bertz CT molecular complexity index is 822. The van der Waals surface area contributed by atoms with Gasteiger partial charge in [0.1, 0.15) is 23.9 Å². The Kier molecular flexibility index (Phi) is 5.19. The van der Waals surface area contributed by atoms with Crippen LogP contribution in [0.25, 0.3) is 0 Å². The van der Waals surface area contributed by atoms with E-state index >= 15 is 0 Å². The van der Waals surface area contributed by atoms with Crippen molar-refractivity contribution < 1.29 is 13.9 Å². The summed E-state index contributed by atoms with van der Waals surface area (Å²) >= 11 is 0. The molecule has 0 saturated carbocycles. The summed E-state index contributed by atoms with van der Waals surface area (Å²) in [6, 6.07) is 21.0. The third kappa shape index (κ3) is 4.51. The van der Waals surface area contributed by atoms with Crippen LogP contribution in [0.2, 0.25) is 0 Å². The second-order valence-corrected chi connectivity index (χ2v) is 5.97. The van der Waals surface area contributed by atoms with Gasteiger partial charge in [-0.3, -0.25) is 4.79 Å². The topological polar surface area (TPSA) is 42.7 Å². The van der Waals surface area contributed by atoms with E-state index < -0.39 is 0 Å². The first kappa shape index (κ1) is 16.8. The summed E-state index contributed by atoms with van der Waals surface area (Å²) in [5.74, 6) is 2.31. The van der Waals surface area contributed by atoms with Gasteiger partial charge in [-0.15, -0.1) is 0 Å². The van der Waals surface area contributed by atoms with Gasteiger partial charge in [0.2, 0.25) is 0 Å². The van der Waals surface area contributed by atoms with Crippen molar-refractivity contribution in [1.29, 1.82) is 0 Å². The molecule has 1 aromatic heterocycles. The summed E-state index contributed by atoms with van der Waals surface area (Å²) in [6.45, 7) is 2.84. The molecule has 0 N–H and O–H groups in total. The van der Waals surface area contributed by atoms with Crippen LogP contribution in [0.1, 0.15) is 27.4 Å². The number of furan rings is 1. The number of carbonyl (C=O) groups excluding carboxylic acids is 1. The summed E-state index contributed by atoms with van der Waals surface area (Å²) in [7, 11) is 1.76. The van der Waals surface area contributed by atoms with E-state index in [1.54, 1.807) is 24.1 Å². The van der Waals surface area contributed by atoms with Crippen molar-refractivity contribution in [2.45, 2.75) is 20.1 Å². The molecule has 0 aliphatic heterocycles. The van der Waals surface area contributed by atoms with Gasteiger partial charge in [-0.1, -0.05) is 30.3 Å². The zero-order valence-corrected chi connectivity index (χ0v) is 14.4. The molecule has 0 spiro atoms. The van der Waals surface area contributed by atoms with Crippen molar-refractivity contribution in [3.63, 3.8) is 0 Å². The lowest BCUT2D eigenvalue weighted by Gasteiger charge is -2.16. The molecule has 0 radical (unpaired) electrons. The van der Waals surface area contributed by atoms with Crippen molar-refractivity contribution >= 4 is 5.91 Å². The number of hydrogen-bond donors (Lipinski definition) is 0. The second kappa shape index (κ2) is 7.71. The molecule has 0 atom stereocenters. The van der Waals surface area contributed by atoms with Crippen LogP contribution < -0.4 is 4.74 Å². The molecule has 1 heterocycles. The van der Waals surface area contributed by atoms with E-state index in [1.165, 1.54) is 0 Å². The molecule has 0 unspecified atom stereocenters. The lowest BCUT2D eigenvalue weighted by Crippen LogP contribution is -2.25. The molecule has 128 valence electrons. The summed E-state index contributed by atoms with van der Waals surface area (Å²) in [5.41, 5.74) is 1.73. The average molecular weight is 335 g/mol. The number of ether oxygens (including phenoxy) is 1. The van der Waals surface area contributed by atoms with E-state index in [2.05, 4.69) is 0 Å². The fourth-order valence-electron chi connectivity index (χ4n) is 2.53. The standard InChI is InChI=1S/C21H21NO3/c1-16-8-11-20(25-16)14-22(2)21(23)18-9-12-19(13-10-18)24-15-17-6-4-3-5-7-17/h3-13H,14-15H2,1-2H3. The van der Waals surface area contributed by atoms with Crippen molar-refractivity contribution in [2.75, 3.05) is 7.05 Å². The molecule has 1 amide bonds. The van der Waals surface area contributed by atoms with Gasteiger partial charge in [0.25, 0.3) is 5.91 Å². The SMILES string of the molecule is Cc1ccc(CN(C)C(=O)c2ccc(OCc3ccccc3)cc2)o1. The Morgan fingerprint density at radius 1 is 1.00 bits per heavy atom. The van der Waals surface area contributed by atoms with Gasteiger partial charge in [0, 0.05) is 12.6 Å². The van der Waals surface area contributed by atoms with Gasteiger partial charge < -0.3 is 14.1 Å². The maximum atomic E-state index is 12.5. The van der Waals surface area contributed by atoms with E-state index in [4.69, 9.17) is 9.15 Å². The molecule has 2 aromatic carbocycles. The summed E-state index contributed by atoms with van der Waals surface area (Å²) in [6.07, 6.45) is 0. The van der Waals surface area contributed by atoms with E-state index in [0.29, 0.717) is 18.7 Å². The minimum atomic E-state index is -0.0522. The highest BCUT2D eigenvalue weighted by Gasteiger charge is 2.13. The zero-order chi connectivity index (χ0) is 17.6. The smallest absolute Gasteiger partial charge is 0.254 e. The highest BCUT2D eigenvalue weighted by atomic mass is 16.5. The van der Waals surface area contributed by atoms with Crippen LogP contribution in [0, 0.1) is 6.92 Å². The van der Waals surface area contributed by atoms with Crippen LogP contribution in [0.5, 0.6) is 5.75 Å². The predicted octanol–water partition coefficient (Wildman–Crippen LogP) is 4.44. The summed E-state index contributed by atoms with van der Waals surface area (Å²) in [4.78, 5) is 14.1. The number of rotatable bonds is 6. The fourth-order valence-corrected chi connectivity index (χ4v) is 2.53. The molecular formula is C21H21NO3. The lowest BCUT2D eigenvalue weighted by molar-refractivity contribution is 0.0775. The molecule has 3 aromatic rings. The first-order valence-electron chi connectivity index (χ1n) is 8.19. The van der Waals surface area contributed by atoms with Gasteiger partial charge in [-0.2, -0.15) is 0 Å². The Hall–Kier alpha value is -3.01. The number of amides is 1. The van der Waals surface area contributed by atoms with Crippen molar-refractivity contribution in [2.24, 2.45) is 0 Å². The molecule has 0 saturated heterocycles. The number of carbonyl (C=O) groups is 1. The Morgan fingerprint density at radius 2 is 1.72 bits per heavy atom. The minimum absolute atomic E-state index is 0.0522. The number of hydrogen-bond acceptors (Lipinski definition) is 3. The Morgan fingerprint density at radius 3 is 2.36 bits per heavy atom. The van der Waals surface area contributed by atoms with Gasteiger partial charge in [0.05, 0.1) is 6.54 Å². The van der Waals surface area contributed by atoms with Crippen LogP contribution >= 0.6 is 0 Å². The largest absolute Gasteiger partial charge is 0.489 e. The fraction of sp³-hybridized carbons (Fsp3) is 0.190. The first-order valence-corrected chi connectivity index (χ1v) is 8.19. The molecule has 0 fully saturated rings. The molecule has 3 rings (SSSR count). The molecule has 4 nitrogen and oxygen atoms in total. The monoisotopic (exact) mass is 335 g/mol. The van der Waals surface area contributed by atoms with E-state index in [1.807, 2.05) is 61.5 Å². The third-order valence-corrected chi connectivity index (χ3v) is 3.89. The third-order valence-electron chi connectivity index (χ3n) is 3.89. The van der Waals surface area contributed by atoms with E-state index in [-0.39, 0.29) is 5.91 Å². The molecule has 0 aliphatic carbocycles. The molecular weight excluding hydrogens is 314 g/mol. The van der Waals surface area contributed by atoms with Gasteiger partial charge in [-0.05, 0) is 48.9 Å². The highest BCUT2D eigenvalue weighted by Crippen LogP contribution is 2.16. The molecule has 4 heteroatoms. The molecule has 0 bridgehead atoms. The zero-order valence-electron chi connectivity index (χ0n) is 14.4. The van der Waals surface area contributed by atoms with Gasteiger partial charge in [-0.25, -0.2) is 0 Å². The van der Waals surface area contributed by atoms with Crippen molar-refractivity contribution in [1.82, 2.24) is 4.90 Å². The summed E-state index contributed by atoms with van der Waals surface area (Å²) < 4.78 is 11.3. The van der Waals surface area contributed by atoms with Crippen molar-refractivity contribution in [3.05, 3.63) is 89.4 Å². The quantitative estimate of drug-likeness (QED) is 0.669. The minimum Gasteiger partial charge on any atom is -0.489 e. The van der Waals surface area contributed by atoms with Crippen molar-refractivity contribution in [3.8, 4) is 5.75 Å². The predicted molar refractivity (Wildman–Crippen MR) is 96.5 cm³/mol. The Balaban J connectivity index is 1.58. The highest BCUT2D eigenvalue weighted by molar-refractivity contribution is 5.94. The molecule has 0 aliphatic rings. The van der Waals surface area contributed by atoms with Crippen LogP contribution in [0.3, 0.4) is 0 Å². The van der Waals surface area contributed by atoms with Crippen LogP contribution in [-0.2, 0) is 13.2 Å². The second-order valence-electron chi connectivity index (χ2n) is 5.97. The number of nitrogens with zero attached hydrogens (tertiary/aromatic N) is 1. The van der Waals surface area contributed by atoms with Gasteiger partial charge in [0.15, 0.2) is 0 Å². The van der Waals surface area contributed by atoms with Gasteiger partial charge >= 0.3 is 0 Å². The van der Waals surface area contributed by atoms with Crippen LogP contribution in [0.15, 0.2) is 71.1 Å².